The molecule has 0 bridgehead atoms. The van der Waals surface area contributed by atoms with Crippen LogP contribution >= 0.6 is 0 Å². The quantitative estimate of drug-likeness (QED) is 0.410. The van der Waals surface area contributed by atoms with E-state index >= 15 is 0 Å². The van der Waals surface area contributed by atoms with Crippen LogP contribution in [-0.4, -0.2) is 14.5 Å². The lowest BCUT2D eigenvalue weighted by atomic mass is 10.3. The highest BCUT2D eigenvalue weighted by Crippen LogP contribution is 2.22. The fraction of sp³-hybridized carbons (Fsp3) is 0. The largest absolute Gasteiger partial charge is 0.306 e. The van der Waals surface area contributed by atoms with Crippen LogP contribution in [0.2, 0.25) is 0 Å². The Bertz CT molecular complexity index is 793. The molecule has 0 saturated heterocycles. The van der Waals surface area contributed by atoms with Crippen molar-refractivity contribution < 1.29 is 4.92 Å². The normalized spacial score (nSPS) is 10.9. The average Bonchev–Trinajstić information content (AvgIpc) is 3.08. The minimum atomic E-state index is -0.449. The first-order chi connectivity index (χ1) is 10.7. The number of benzene rings is 2. The molecule has 0 amide bonds. The highest BCUT2D eigenvalue weighted by Gasteiger charge is 2.03. The van der Waals surface area contributed by atoms with Crippen LogP contribution in [0.3, 0.4) is 0 Å². The standard InChI is InChI=1S/C15H11N5O2/c21-20(22)15-7-3-13(4-8-15)18-17-12-1-5-14(6-2-12)19-10-9-16-11-19/h1-11H. The van der Waals surface area contributed by atoms with Crippen LogP contribution in [-0.2, 0) is 0 Å². The molecule has 2 aromatic carbocycles. The average molecular weight is 293 g/mol. The third kappa shape index (κ3) is 3.04. The molecule has 0 unspecified atom stereocenters. The van der Waals surface area contributed by atoms with E-state index in [0.29, 0.717) is 11.4 Å². The van der Waals surface area contributed by atoms with Crippen LogP contribution in [0.25, 0.3) is 5.69 Å². The van der Waals surface area contributed by atoms with Crippen molar-refractivity contribution in [3.8, 4) is 5.69 Å². The molecule has 0 spiro atoms. The molecule has 7 heteroatoms. The third-order valence-corrected chi connectivity index (χ3v) is 2.99. The summed E-state index contributed by atoms with van der Waals surface area (Å²) in [7, 11) is 0. The second-order valence-electron chi connectivity index (χ2n) is 4.46. The molecule has 3 rings (SSSR count). The van der Waals surface area contributed by atoms with E-state index in [4.69, 9.17) is 0 Å². The SMILES string of the molecule is O=[N+]([O-])c1ccc(N=Nc2ccc(-n3ccnc3)cc2)cc1. The number of azo groups is 1. The zero-order chi connectivity index (χ0) is 15.4. The predicted octanol–water partition coefficient (Wildman–Crippen LogP) is 4.20. The van der Waals surface area contributed by atoms with Crippen LogP contribution in [0.5, 0.6) is 0 Å². The van der Waals surface area contributed by atoms with Crippen molar-refractivity contribution in [2.45, 2.75) is 0 Å². The topological polar surface area (TPSA) is 85.7 Å². The smallest absolute Gasteiger partial charge is 0.269 e. The van der Waals surface area contributed by atoms with Gasteiger partial charge in [0.25, 0.3) is 5.69 Å². The summed E-state index contributed by atoms with van der Waals surface area (Å²) < 4.78 is 1.89. The number of aromatic nitrogens is 2. The summed E-state index contributed by atoms with van der Waals surface area (Å²) in [5.74, 6) is 0. The molecular formula is C15H11N5O2. The lowest BCUT2D eigenvalue weighted by molar-refractivity contribution is -0.384. The van der Waals surface area contributed by atoms with Crippen molar-refractivity contribution in [3.63, 3.8) is 0 Å². The lowest BCUT2D eigenvalue weighted by Crippen LogP contribution is -1.87. The number of hydrogen-bond donors (Lipinski definition) is 0. The van der Waals surface area contributed by atoms with Crippen molar-refractivity contribution in [3.05, 3.63) is 77.4 Å². The van der Waals surface area contributed by atoms with E-state index in [1.54, 1.807) is 24.7 Å². The first-order valence-electron chi connectivity index (χ1n) is 6.47. The Hall–Kier alpha value is -3.35. The summed E-state index contributed by atoms with van der Waals surface area (Å²) in [5, 5.41) is 18.7. The van der Waals surface area contributed by atoms with E-state index in [0.717, 1.165) is 5.69 Å². The summed E-state index contributed by atoms with van der Waals surface area (Å²) in [6.45, 7) is 0. The fourth-order valence-corrected chi connectivity index (χ4v) is 1.86. The van der Waals surface area contributed by atoms with Crippen molar-refractivity contribution in [2.24, 2.45) is 10.2 Å². The van der Waals surface area contributed by atoms with Gasteiger partial charge in [-0.15, -0.1) is 0 Å². The van der Waals surface area contributed by atoms with Gasteiger partial charge in [-0.3, -0.25) is 10.1 Å². The second kappa shape index (κ2) is 5.96. The Morgan fingerprint density at radius 1 is 0.955 bits per heavy atom. The Labute approximate surface area is 125 Å². The first kappa shape index (κ1) is 13.6. The molecule has 0 fully saturated rings. The molecule has 0 aliphatic heterocycles. The van der Waals surface area contributed by atoms with E-state index < -0.39 is 4.92 Å². The number of rotatable bonds is 4. The van der Waals surface area contributed by atoms with Gasteiger partial charge in [0.05, 0.1) is 22.6 Å². The molecule has 3 aromatic rings. The van der Waals surface area contributed by atoms with Gasteiger partial charge in [-0.2, -0.15) is 10.2 Å². The highest BCUT2D eigenvalue weighted by molar-refractivity contribution is 5.47. The number of nitrogens with zero attached hydrogens (tertiary/aromatic N) is 5. The van der Waals surface area contributed by atoms with Gasteiger partial charge in [-0.25, -0.2) is 4.98 Å². The minimum Gasteiger partial charge on any atom is -0.306 e. The van der Waals surface area contributed by atoms with Crippen molar-refractivity contribution >= 4 is 17.1 Å². The Kier molecular flexibility index (Phi) is 3.69. The van der Waals surface area contributed by atoms with Gasteiger partial charge in [0.15, 0.2) is 0 Å². The summed E-state index contributed by atoms with van der Waals surface area (Å²) in [6, 6.07) is 13.4. The molecule has 1 heterocycles. The van der Waals surface area contributed by atoms with E-state index in [9.17, 15) is 10.1 Å². The van der Waals surface area contributed by atoms with Crippen molar-refractivity contribution in [1.29, 1.82) is 0 Å². The van der Waals surface area contributed by atoms with Gasteiger partial charge in [0, 0.05) is 30.2 Å². The third-order valence-electron chi connectivity index (χ3n) is 2.99. The number of hydrogen-bond acceptors (Lipinski definition) is 5. The summed E-state index contributed by atoms with van der Waals surface area (Å²) >= 11 is 0. The molecule has 22 heavy (non-hydrogen) atoms. The Balaban J connectivity index is 1.73. The molecule has 1 aromatic heterocycles. The van der Waals surface area contributed by atoms with Crippen LogP contribution in [0, 0.1) is 10.1 Å². The maximum Gasteiger partial charge on any atom is 0.269 e. The van der Waals surface area contributed by atoms with Crippen LogP contribution in [0.4, 0.5) is 17.1 Å². The Morgan fingerprint density at radius 3 is 2.05 bits per heavy atom. The lowest BCUT2D eigenvalue weighted by Gasteiger charge is -2.01. The van der Waals surface area contributed by atoms with E-state index in [-0.39, 0.29) is 5.69 Å². The zero-order valence-corrected chi connectivity index (χ0v) is 11.4. The van der Waals surface area contributed by atoms with Gasteiger partial charge < -0.3 is 4.57 Å². The molecule has 0 N–H and O–H groups in total. The maximum absolute atomic E-state index is 10.6. The molecule has 0 saturated carbocycles. The first-order valence-corrected chi connectivity index (χ1v) is 6.47. The summed E-state index contributed by atoms with van der Waals surface area (Å²) in [4.78, 5) is 14.1. The molecule has 0 radical (unpaired) electrons. The van der Waals surface area contributed by atoms with E-state index in [1.165, 1.54) is 12.1 Å². The predicted molar refractivity (Wildman–Crippen MR) is 80.8 cm³/mol. The van der Waals surface area contributed by atoms with Gasteiger partial charge in [0.2, 0.25) is 0 Å². The summed E-state index contributed by atoms with van der Waals surface area (Å²) in [6.07, 6.45) is 5.28. The fourth-order valence-electron chi connectivity index (χ4n) is 1.86. The zero-order valence-electron chi connectivity index (χ0n) is 11.4. The van der Waals surface area contributed by atoms with Crippen molar-refractivity contribution in [2.75, 3.05) is 0 Å². The molecule has 0 atom stereocenters. The van der Waals surface area contributed by atoms with Crippen LogP contribution < -0.4 is 0 Å². The van der Waals surface area contributed by atoms with Gasteiger partial charge in [-0.05, 0) is 36.4 Å². The Morgan fingerprint density at radius 2 is 1.55 bits per heavy atom. The molecule has 0 aliphatic rings. The molecular weight excluding hydrogens is 282 g/mol. The molecule has 0 aliphatic carbocycles. The van der Waals surface area contributed by atoms with Crippen molar-refractivity contribution in [1.82, 2.24) is 9.55 Å². The van der Waals surface area contributed by atoms with Crippen LogP contribution in [0.1, 0.15) is 0 Å². The van der Waals surface area contributed by atoms with E-state index in [2.05, 4.69) is 15.2 Å². The summed E-state index contributed by atoms with van der Waals surface area (Å²) in [5.41, 5.74) is 2.27. The number of nitro groups is 1. The monoisotopic (exact) mass is 293 g/mol. The maximum atomic E-state index is 10.6. The molecule has 108 valence electrons. The second-order valence-corrected chi connectivity index (χ2v) is 4.46. The van der Waals surface area contributed by atoms with Crippen LogP contribution in [0.15, 0.2) is 77.5 Å². The number of imidazole rings is 1. The molecule has 7 nitrogen and oxygen atoms in total. The van der Waals surface area contributed by atoms with Gasteiger partial charge >= 0.3 is 0 Å². The highest BCUT2D eigenvalue weighted by atomic mass is 16.6. The van der Waals surface area contributed by atoms with E-state index in [1.807, 2.05) is 35.0 Å². The number of nitro benzene ring substituents is 1. The number of non-ortho nitro benzene ring substituents is 1. The van der Waals surface area contributed by atoms with Gasteiger partial charge in [-0.1, -0.05) is 0 Å². The minimum absolute atomic E-state index is 0.0311. The van der Waals surface area contributed by atoms with Gasteiger partial charge in [0.1, 0.15) is 0 Å².